The molecule has 0 heterocycles. The van der Waals surface area contributed by atoms with Crippen LogP contribution in [0.5, 0.6) is 0 Å². The van der Waals surface area contributed by atoms with Gasteiger partial charge in [0.05, 0.1) is 0 Å². The average molecular weight is 284 g/mol. The molecule has 1 saturated carbocycles. The molecule has 1 aliphatic rings. The number of hydrogen-bond donors (Lipinski definition) is 1. The zero-order valence-corrected chi connectivity index (χ0v) is 13.4. The van der Waals surface area contributed by atoms with Crippen molar-refractivity contribution in [3.05, 3.63) is 0 Å². The number of nitrogens with one attached hydrogen (secondary N) is 1. The van der Waals surface area contributed by atoms with Crippen molar-refractivity contribution < 1.29 is 14.3 Å². The molecule has 0 aliphatic heterocycles. The fourth-order valence-corrected chi connectivity index (χ4v) is 2.51. The summed E-state index contributed by atoms with van der Waals surface area (Å²) in [5.41, 5.74) is -0.492. The number of rotatable bonds is 3. The summed E-state index contributed by atoms with van der Waals surface area (Å²) in [6, 6.07) is 0.0440. The van der Waals surface area contributed by atoms with E-state index < -0.39 is 5.60 Å². The first-order valence-electron chi connectivity index (χ1n) is 7.38. The highest BCUT2D eigenvalue weighted by Crippen LogP contribution is 2.27. The number of carbonyl (C=O) groups excluding carboxylic acids is 2. The van der Waals surface area contributed by atoms with E-state index in [4.69, 9.17) is 4.74 Å². The van der Waals surface area contributed by atoms with E-state index in [1.54, 1.807) is 19.0 Å². The lowest BCUT2D eigenvalue weighted by molar-refractivity contribution is -0.130. The fourth-order valence-electron chi connectivity index (χ4n) is 2.51. The summed E-state index contributed by atoms with van der Waals surface area (Å²) < 4.78 is 5.30. The molecule has 0 bridgehead atoms. The topological polar surface area (TPSA) is 58.6 Å². The van der Waals surface area contributed by atoms with E-state index in [0.29, 0.717) is 6.42 Å². The summed E-state index contributed by atoms with van der Waals surface area (Å²) in [7, 11) is 3.53. The number of carbonyl (C=O) groups is 2. The molecule has 2 amide bonds. The highest BCUT2D eigenvalue weighted by atomic mass is 16.6. The summed E-state index contributed by atoms with van der Waals surface area (Å²) in [5.74, 6) is 0.332. The molecule has 2 atom stereocenters. The van der Waals surface area contributed by atoms with Crippen molar-refractivity contribution in [3.8, 4) is 0 Å². The third kappa shape index (κ3) is 5.80. The van der Waals surface area contributed by atoms with Gasteiger partial charge in [-0.25, -0.2) is 4.79 Å². The maximum Gasteiger partial charge on any atom is 0.407 e. The van der Waals surface area contributed by atoms with E-state index in [-0.39, 0.29) is 24.0 Å². The maximum absolute atomic E-state index is 11.9. The fraction of sp³-hybridized carbons (Fsp3) is 0.867. The number of amides is 2. The smallest absolute Gasteiger partial charge is 0.407 e. The average Bonchev–Trinajstić information content (AvgIpc) is 2.28. The normalized spacial score (nSPS) is 23.1. The van der Waals surface area contributed by atoms with Crippen molar-refractivity contribution in [2.75, 3.05) is 14.1 Å². The van der Waals surface area contributed by atoms with Crippen molar-refractivity contribution in [2.45, 2.75) is 64.5 Å². The molecule has 116 valence electrons. The van der Waals surface area contributed by atoms with E-state index in [1.165, 1.54) is 0 Å². The van der Waals surface area contributed by atoms with Crippen LogP contribution in [0.1, 0.15) is 52.9 Å². The Balaban J connectivity index is 2.56. The molecular formula is C15H28N2O3. The van der Waals surface area contributed by atoms with Gasteiger partial charge in [0.2, 0.25) is 5.91 Å². The largest absolute Gasteiger partial charge is 0.444 e. The minimum Gasteiger partial charge on any atom is -0.444 e. The summed E-state index contributed by atoms with van der Waals surface area (Å²) >= 11 is 0. The van der Waals surface area contributed by atoms with Gasteiger partial charge in [-0.1, -0.05) is 12.8 Å². The first-order valence-corrected chi connectivity index (χ1v) is 7.38. The van der Waals surface area contributed by atoms with E-state index in [1.807, 2.05) is 20.8 Å². The van der Waals surface area contributed by atoms with Crippen LogP contribution in [0.15, 0.2) is 0 Å². The third-order valence-corrected chi connectivity index (χ3v) is 3.55. The molecule has 1 N–H and O–H groups in total. The summed E-state index contributed by atoms with van der Waals surface area (Å²) in [6.07, 6.45) is 4.23. The van der Waals surface area contributed by atoms with Crippen LogP contribution < -0.4 is 5.32 Å². The zero-order valence-electron chi connectivity index (χ0n) is 13.4. The Labute approximate surface area is 122 Å². The van der Waals surface area contributed by atoms with Gasteiger partial charge in [-0.15, -0.1) is 0 Å². The number of hydrogen-bond acceptors (Lipinski definition) is 3. The van der Waals surface area contributed by atoms with Crippen LogP contribution in [0.25, 0.3) is 0 Å². The predicted octanol–water partition coefficient (Wildman–Crippen LogP) is 2.55. The quantitative estimate of drug-likeness (QED) is 0.866. The molecule has 1 fully saturated rings. The lowest BCUT2D eigenvalue weighted by Crippen LogP contribution is -2.45. The Kier molecular flexibility index (Phi) is 5.84. The summed E-state index contributed by atoms with van der Waals surface area (Å²) in [6.45, 7) is 5.54. The van der Waals surface area contributed by atoms with Crippen molar-refractivity contribution >= 4 is 12.0 Å². The van der Waals surface area contributed by atoms with Crippen LogP contribution >= 0.6 is 0 Å². The van der Waals surface area contributed by atoms with Gasteiger partial charge >= 0.3 is 6.09 Å². The molecule has 20 heavy (non-hydrogen) atoms. The molecule has 0 aromatic rings. The second-order valence-electron chi connectivity index (χ2n) is 6.79. The van der Waals surface area contributed by atoms with Gasteiger partial charge in [-0.05, 0) is 39.5 Å². The molecule has 1 aliphatic carbocycles. The SMILES string of the molecule is CN(C)C(=O)CC1CCCCC1NC(=O)OC(C)(C)C. The highest BCUT2D eigenvalue weighted by Gasteiger charge is 2.30. The van der Waals surface area contributed by atoms with Crippen molar-refractivity contribution in [3.63, 3.8) is 0 Å². The first-order chi connectivity index (χ1) is 9.19. The molecule has 0 saturated heterocycles. The zero-order chi connectivity index (χ0) is 15.3. The molecule has 0 radical (unpaired) electrons. The lowest BCUT2D eigenvalue weighted by Gasteiger charge is -2.33. The Bertz CT molecular complexity index is 348. The molecular weight excluding hydrogens is 256 g/mol. The maximum atomic E-state index is 11.9. The van der Waals surface area contributed by atoms with Crippen LogP contribution in [0, 0.1) is 5.92 Å². The molecule has 0 aromatic carbocycles. The lowest BCUT2D eigenvalue weighted by atomic mass is 9.82. The standard InChI is InChI=1S/C15H28N2O3/c1-15(2,3)20-14(19)16-12-9-7-6-8-11(12)10-13(18)17(4)5/h11-12H,6-10H2,1-5H3,(H,16,19). The van der Waals surface area contributed by atoms with Crippen LogP contribution in [0.3, 0.4) is 0 Å². The van der Waals surface area contributed by atoms with Crippen LogP contribution in [0.4, 0.5) is 4.79 Å². The molecule has 2 unspecified atom stereocenters. The van der Waals surface area contributed by atoms with Crippen LogP contribution in [-0.4, -0.2) is 42.6 Å². The van der Waals surface area contributed by atoms with Crippen molar-refractivity contribution in [1.82, 2.24) is 10.2 Å². The van der Waals surface area contributed by atoms with E-state index >= 15 is 0 Å². The minimum absolute atomic E-state index is 0.0440. The van der Waals surface area contributed by atoms with Gasteiger partial charge in [-0.2, -0.15) is 0 Å². The van der Waals surface area contributed by atoms with Gasteiger partial charge < -0.3 is 15.0 Å². The Morgan fingerprint density at radius 1 is 1.20 bits per heavy atom. The van der Waals surface area contributed by atoms with Gasteiger partial charge in [0.1, 0.15) is 5.60 Å². The van der Waals surface area contributed by atoms with E-state index in [9.17, 15) is 9.59 Å². The molecule has 1 rings (SSSR count). The summed E-state index contributed by atoms with van der Waals surface area (Å²) in [5, 5.41) is 2.94. The van der Waals surface area contributed by atoms with Crippen LogP contribution in [0.2, 0.25) is 0 Å². The van der Waals surface area contributed by atoms with Gasteiger partial charge in [0, 0.05) is 26.6 Å². The highest BCUT2D eigenvalue weighted by molar-refractivity contribution is 5.76. The Morgan fingerprint density at radius 3 is 2.35 bits per heavy atom. The van der Waals surface area contributed by atoms with Crippen LogP contribution in [-0.2, 0) is 9.53 Å². The Morgan fingerprint density at radius 2 is 1.80 bits per heavy atom. The second kappa shape index (κ2) is 6.95. The predicted molar refractivity (Wildman–Crippen MR) is 78.4 cm³/mol. The number of ether oxygens (including phenoxy) is 1. The van der Waals surface area contributed by atoms with Gasteiger partial charge in [0.25, 0.3) is 0 Å². The second-order valence-corrected chi connectivity index (χ2v) is 6.79. The molecule has 5 heteroatoms. The number of nitrogens with zero attached hydrogens (tertiary/aromatic N) is 1. The first kappa shape index (κ1) is 16.8. The van der Waals surface area contributed by atoms with Gasteiger partial charge in [-0.3, -0.25) is 4.79 Å². The van der Waals surface area contributed by atoms with Gasteiger partial charge in [0.15, 0.2) is 0 Å². The monoisotopic (exact) mass is 284 g/mol. The third-order valence-electron chi connectivity index (χ3n) is 3.55. The van der Waals surface area contributed by atoms with Crippen molar-refractivity contribution in [1.29, 1.82) is 0 Å². The molecule has 0 aromatic heterocycles. The van der Waals surface area contributed by atoms with E-state index in [2.05, 4.69) is 5.32 Å². The Hall–Kier alpha value is -1.26. The van der Waals surface area contributed by atoms with E-state index in [0.717, 1.165) is 25.7 Å². The number of alkyl carbamates (subject to hydrolysis) is 1. The minimum atomic E-state index is -0.492. The summed E-state index contributed by atoms with van der Waals surface area (Å²) in [4.78, 5) is 25.3. The van der Waals surface area contributed by atoms with Crippen molar-refractivity contribution in [2.24, 2.45) is 5.92 Å². The molecule has 5 nitrogen and oxygen atoms in total. The molecule has 0 spiro atoms.